The zero-order valence-electron chi connectivity index (χ0n) is 9.17. The summed E-state index contributed by atoms with van der Waals surface area (Å²) in [4.78, 5) is 4.10. The lowest BCUT2D eigenvalue weighted by Crippen LogP contribution is -1.99. The molecule has 0 fully saturated rings. The summed E-state index contributed by atoms with van der Waals surface area (Å²) in [6, 6.07) is 6.19. The molecule has 3 nitrogen and oxygen atoms in total. The fourth-order valence-corrected chi connectivity index (χ4v) is 1.60. The maximum atomic E-state index is 13.5. The predicted octanol–water partition coefficient (Wildman–Crippen LogP) is 3.51. The lowest BCUT2D eigenvalue weighted by molar-refractivity contribution is 0.632. The molecular weight excluding hydrogens is 241 g/mol. The van der Waals surface area contributed by atoms with Crippen LogP contribution in [0.1, 0.15) is 5.56 Å². The Hall–Kier alpha value is -1.81. The van der Waals surface area contributed by atoms with Gasteiger partial charge in [0.05, 0.1) is 17.6 Å². The van der Waals surface area contributed by atoms with Crippen molar-refractivity contribution >= 4 is 28.8 Å². The van der Waals surface area contributed by atoms with Crippen LogP contribution < -0.4 is 11.1 Å². The van der Waals surface area contributed by atoms with Crippen LogP contribution in [0.25, 0.3) is 0 Å². The number of pyridine rings is 1. The molecule has 88 valence electrons. The number of hydrogen-bond donors (Lipinski definition) is 2. The zero-order valence-corrected chi connectivity index (χ0v) is 9.92. The number of anilines is 3. The smallest absolute Gasteiger partial charge is 0.148 e. The van der Waals surface area contributed by atoms with E-state index in [1.54, 1.807) is 18.2 Å². The standard InChI is InChI=1S/C12H11ClFN3/c1-7-4-9(15)6-16-12(7)17-11-3-2-8(13)5-10(11)14/h2-6H,15H2,1H3,(H,16,17). The van der Waals surface area contributed by atoms with E-state index >= 15 is 0 Å². The van der Waals surface area contributed by atoms with E-state index in [1.165, 1.54) is 12.3 Å². The van der Waals surface area contributed by atoms with Gasteiger partial charge in [-0.05, 0) is 36.8 Å². The van der Waals surface area contributed by atoms with Gasteiger partial charge in [-0.15, -0.1) is 0 Å². The van der Waals surface area contributed by atoms with Crippen molar-refractivity contribution in [2.24, 2.45) is 0 Å². The minimum atomic E-state index is -0.421. The minimum Gasteiger partial charge on any atom is -0.397 e. The van der Waals surface area contributed by atoms with E-state index in [2.05, 4.69) is 10.3 Å². The highest BCUT2D eigenvalue weighted by atomic mass is 35.5. The molecule has 0 spiro atoms. The van der Waals surface area contributed by atoms with Crippen LogP contribution in [0.4, 0.5) is 21.6 Å². The van der Waals surface area contributed by atoms with Gasteiger partial charge in [-0.1, -0.05) is 11.6 Å². The summed E-state index contributed by atoms with van der Waals surface area (Å²) >= 11 is 5.67. The minimum absolute atomic E-state index is 0.328. The number of nitrogens with one attached hydrogen (secondary N) is 1. The number of nitrogen functional groups attached to an aromatic ring is 1. The van der Waals surface area contributed by atoms with E-state index in [4.69, 9.17) is 17.3 Å². The van der Waals surface area contributed by atoms with Gasteiger partial charge in [0.1, 0.15) is 11.6 Å². The Balaban J connectivity index is 2.31. The molecule has 0 amide bonds. The number of nitrogens with zero attached hydrogens (tertiary/aromatic N) is 1. The molecule has 0 radical (unpaired) electrons. The van der Waals surface area contributed by atoms with E-state index < -0.39 is 5.82 Å². The number of benzene rings is 1. The van der Waals surface area contributed by atoms with Crippen LogP contribution in [0.15, 0.2) is 30.5 Å². The van der Waals surface area contributed by atoms with Gasteiger partial charge in [0.15, 0.2) is 0 Å². The first-order valence-corrected chi connectivity index (χ1v) is 5.38. The van der Waals surface area contributed by atoms with Crippen molar-refractivity contribution in [1.82, 2.24) is 4.98 Å². The van der Waals surface area contributed by atoms with E-state index in [0.29, 0.717) is 22.2 Å². The molecule has 3 N–H and O–H groups in total. The number of halogens is 2. The van der Waals surface area contributed by atoms with Crippen molar-refractivity contribution < 1.29 is 4.39 Å². The Labute approximate surface area is 103 Å². The summed E-state index contributed by atoms with van der Waals surface area (Å²) in [5.74, 6) is 0.149. The molecule has 0 aliphatic carbocycles. The molecule has 2 rings (SSSR count). The van der Waals surface area contributed by atoms with Gasteiger partial charge >= 0.3 is 0 Å². The molecule has 0 saturated carbocycles. The van der Waals surface area contributed by atoms with Gasteiger partial charge in [0, 0.05) is 5.02 Å². The molecule has 5 heteroatoms. The quantitative estimate of drug-likeness (QED) is 0.859. The Morgan fingerprint density at radius 2 is 2.12 bits per heavy atom. The third-order valence-corrected chi connectivity index (χ3v) is 2.52. The number of nitrogens with two attached hydrogens (primary N) is 1. The van der Waals surface area contributed by atoms with Crippen molar-refractivity contribution in [3.63, 3.8) is 0 Å². The van der Waals surface area contributed by atoms with Gasteiger partial charge in [-0.25, -0.2) is 9.37 Å². The Morgan fingerprint density at radius 1 is 1.35 bits per heavy atom. The summed E-state index contributed by atoms with van der Waals surface area (Å²) < 4.78 is 13.5. The number of aromatic nitrogens is 1. The van der Waals surface area contributed by atoms with Crippen LogP contribution in [0.3, 0.4) is 0 Å². The second-order valence-electron chi connectivity index (χ2n) is 3.68. The first-order chi connectivity index (χ1) is 8.06. The Morgan fingerprint density at radius 3 is 2.76 bits per heavy atom. The monoisotopic (exact) mass is 251 g/mol. The van der Waals surface area contributed by atoms with E-state index in [-0.39, 0.29) is 0 Å². The van der Waals surface area contributed by atoms with E-state index in [0.717, 1.165) is 5.56 Å². The summed E-state index contributed by atoms with van der Waals surface area (Å²) in [5, 5.41) is 3.25. The maximum Gasteiger partial charge on any atom is 0.148 e. The molecule has 1 aromatic heterocycles. The number of aryl methyl sites for hydroxylation is 1. The molecule has 0 bridgehead atoms. The van der Waals surface area contributed by atoms with Gasteiger partial charge in [0.2, 0.25) is 0 Å². The molecule has 1 aromatic carbocycles. The summed E-state index contributed by atoms with van der Waals surface area (Å²) in [7, 11) is 0. The molecule has 17 heavy (non-hydrogen) atoms. The maximum absolute atomic E-state index is 13.5. The van der Waals surface area contributed by atoms with Crippen molar-refractivity contribution in [2.75, 3.05) is 11.1 Å². The van der Waals surface area contributed by atoms with Gasteiger partial charge in [-0.2, -0.15) is 0 Å². The molecule has 1 heterocycles. The average molecular weight is 252 g/mol. The number of rotatable bonds is 2. The largest absolute Gasteiger partial charge is 0.397 e. The first-order valence-electron chi connectivity index (χ1n) is 5.00. The van der Waals surface area contributed by atoms with Crippen LogP contribution in [0.2, 0.25) is 5.02 Å². The third-order valence-electron chi connectivity index (χ3n) is 2.28. The van der Waals surface area contributed by atoms with E-state index in [9.17, 15) is 4.39 Å². The fourth-order valence-electron chi connectivity index (χ4n) is 1.45. The van der Waals surface area contributed by atoms with Crippen molar-refractivity contribution in [2.45, 2.75) is 6.92 Å². The molecule has 0 atom stereocenters. The van der Waals surface area contributed by atoms with Crippen LogP contribution in [-0.4, -0.2) is 4.98 Å². The summed E-state index contributed by atoms with van der Waals surface area (Å²) in [5.41, 5.74) is 7.34. The molecule has 0 aliphatic heterocycles. The molecule has 2 aromatic rings. The zero-order chi connectivity index (χ0) is 12.4. The third kappa shape index (κ3) is 2.65. The second kappa shape index (κ2) is 4.59. The second-order valence-corrected chi connectivity index (χ2v) is 4.12. The normalized spacial score (nSPS) is 10.3. The van der Waals surface area contributed by atoms with Gasteiger partial charge in [0.25, 0.3) is 0 Å². The first kappa shape index (κ1) is 11.7. The van der Waals surface area contributed by atoms with Crippen LogP contribution in [0, 0.1) is 12.7 Å². The van der Waals surface area contributed by atoms with Crippen molar-refractivity contribution in [3.8, 4) is 0 Å². The summed E-state index contributed by atoms with van der Waals surface area (Å²) in [6.07, 6.45) is 1.52. The predicted molar refractivity (Wildman–Crippen MR) is 68.1 cm³/mol. The summed E-state index contributed by atoms with van der Waals surface area (Å²) in [6.45, 7) is 1.85. The van der Waals surface area contributed by atoms with Crippen LogP contribution >= 0.6 is 11.6 Å². The molecule has 0 aliphatic rings. The fraction of sp³-hybridized carbons (Fsp3) is 0.0833. The van der Waals surface area contributed by atoms with Gasteiger partial charge < -0.3 is 11.1 Å². The number of hydrogen-bond acceptors (Lipinski definition) is 3. The lowest BCUT2D eigenvalue weighted by Gasteiger charge is -2.09. The molecule has 0 saturated heterocycles. The average Bonchev–Trinajstić information content (AvgIpc) is 2.25. The van der Waals surface area contributed by atoms with Crippen molar-refractivity contribution in [1.29, 1.82) is 0 Å². The highest BCUT2D eigenvalue weighted by Gasteiger charge is 2.06. The highest BCUT2D eigenvalue weighted by molar-refractivity contribution is 6.30. The molecular formula is C12H11ClFN3. The Kier molecular flexibility index (Phi) is 3.15. The topological polar surface area (TPSA) is 50.9 Å². The van der Waals surface area contributed by atoms with Crippen LogP contribution in [-0.2, 0) is 0 Å². The molecule has 0 unspecified atom stereocenters. The Bertz CT molecular complexity index is 508. The lowest BCUT2D eigenvalue weighted by atomic mass is 10.2. The van der Waals surface area contributed by atoms with Crippen molar-refractivity contribution in [3.05, 3.63) is 46.9 Å². The van der Waals surface area contributed by atoms with Gasteiger partial charge in [-0.3, -0.25) is 0 Å². The van der Waals surface area contributed by atoms with Crippen LogP contribution in [0.5, 0.6) is 0 Å². The SMILES string of the molecule is Cc1cc(N)cnc1Nc1ccc(Cl)cc1F. The van der Waals surface area contributed by atoms with E-state index in [1.807, 2.05) is 6.92 Å². The highest BCUT2D eigenvalue weighted by Crippen LogP contribution is 2.24.